The van der Waals surface area contributed by atoms with Crippen molar-refractivity contribution >= 4 is 57.5 Å². The van der Waals surface area contributed by atoms with E-state index >= 15 is 0 Å². The number of carbonyl (C=O) groups is 2. The first-order valence-electron chi connectivity index (χ1n) is 6.36. The van der Waals surface area contributed by atoms with Crippen LogP contribution in [0.1, 0.15) is 13.8 Å². The second-order valence-corrected chi connectivity index (χ2v) is 5.42. The van der Waals surface area contributed by atoms with Gasteiger partial charge in [0, 0.05) is 12.2 Å². The van der Waals surface area contributed by atoms with Gasteiger partial charge in [-0.3, -0.25) is 0 Å². The smallest absolute Gasteiger partial charge is 0.465 e. The summed E-state index contributed by atoms with van der Waals surface area (Å²) in [5.41, 5.74) is 0. The standard InChI is InChI=1S/2C7H11O2.Ca.H3O4P/c2*1-4-7(8)9-5-6(2)3;;1-5(2,3)4/h2*4,6H,1-2,5H2,3H3;;(H3,1,2,3,4)/q2*-1;+2;. The molecule has 0 aromatic rings. The van der Waals surface area contributed by atoms with Crippen LogP contribution in [0, 0.1) is 25.7 Å². The molecule has 0 saturated heterocycles. The van der Waals surface area contributed by atoms with Gasteiger partial charge in [-0.25, -0.2) is 14.2 Å². The molecular weight excluding hydrogens is 367 g/mol. The normalized spacial score (nSPS) is 11.6. The molecule has 0 rings (SSSR count). The van der Waals surface area contributed by atoms with Gasteiger partial charge in [-0.1, -0.05) is 27.0 Å². The zero-order chi connectivity index (χ0) is 19.1. The van der Waals surface area contributed by atoms with E-state index in [2.05, 4.69) is 36.5 Å². The monoisotopic (exact) mass is 392 g/mol. The summed E-state index contributed by atoms with van der Waals surface area (Å²) in [7, 11) is -4.64. The molecule has 0 aliphatic carbocycles. The minimum absolute atomic E-state index is 0. The van der Waals surface area contributed by atoms with Crippen LogP contribution in [0.15, 0.2) is 25.3 Å². The van der Waals surface area contributed by atoms with E-state index in [0.717, 1.165) is 12.2 Å². The largest absolute Gasteiger partial charge is 2.00 e. The Kier molecular flexibility index (Phi) is 25.1. The summed E-state index contributed by atoms with van der Waals surface area (Å²) in [4.78, 5) is 42.3. The predicted octanol–water partition coefficient (Wildman–Crippen LogP) is 1.06. The van der Waals surface area contributed by atoms with Crippen molar-refractivity contribution in [1.82, 2.24) is 0 Å². The van der Waals surface area contributed by atoms with E-state index in [1.54, 1.807) is 0 Å². The zero-order valence-corrected chi connectivity index (χ0v) is 17.2. The van der Waals surface area contributed by atoms with Gasteiger partial charge in [0.2, 0.25) is 0 Å². The molecule has 10 heteroatoms. The molecule has 0 saturated carbocycles. The van der Waals surface area contributed by atoms with Crippen LogP contribution in [0.25, 0.3) is 0 Å². The Morgan fingerprint density at radius 3 is 1.33 bits per heavy atom. The van der Waals surface area contributed by atoms with Crippen LogP contribution in [0.4, 0.5) is 0 Å². The molecule has 0 bridgehead atoms. The van der Waals surface area contributed by atoms with E-state index in [1.165, 1.54) is 0 Å². The van der Waals surface area contributed by atoms with Gasteiger partial charge in [0.1, 0.15) is 0 Å². The summed E-state index contributed by atoms with van der Waals surface area (Å²) in [6.07, 6.45) is 2.28. The molecule has 2 atom stereocenters. The molecule has 2 unspecified atom stereocenters. The van der Waals surface area contributed by atoms with Crippen LogP contribution < -0.4 is 0 Å². The second-order valence-electron chi connectivity index (χ2n) is 4.39. The van der Waals surface area contributed by atoms with E-state index in [-0.39, 0.29) is 61.5 Å². The Hall–Kier alpha value is -0.210. The molecule has 0 aromatic heterocycles. The molecule has 0 aromatic carbocycles. The van der Waals surface area contributed by atoms with E-state index in [1.807, 2.05) is 13.8 Å². The molecule has 0 aliphatic rings. The summed E-state index contributed by atoms with van der Waals surface area (Å²) in [6, 6.07) is 0. The summed E-state index contributed by atoms with van der Waals surface area (Å²) in [6.45, 7) is 18.2. The number of carbonyl (C=O) groups excluding carboxylic acids is 2. The average molecular weight is 392 g/mol. The van der Waals surface area contributed by atoms with Crippen LogP contribution in [0.2, 0.25) is 0 Å². The van der Waals surface area contributed by atoms with Crippen LogP contribution >= 0.6 is 7.82 Å². The van der Waals surface area contributed by atoms with Crippen molar-refractivity contribution in [3.8, 4) is 0 Å². The number of hydrogen-bond donors (Lipinski definition) is 3. The fraction of sp³-hybridized carbons (Fsp3) is 0.429. The van der Waals surface area contributed by atoms with Crippen LogP contribution in [-0.4, -0.2) is 77.6 Å². The zero-order valence-electron chi connectivity index (χ0n) is 14.1. The molecule has 0 radical (unpaired) electrons. The average Bonchev–Trinajstić information content (AvgIpc) is 2.40. The molecule has 24 heavy (non-hydrogen) atoms. The van der Waals surface area contributed by atoms with E-state index in [4.69, 9.17) is 19.2 Å². The summed E-state index contributed by atoms with van der Waals surface area (Å²) in [5, 5.41) is 0. The summed E-state index contributed by atoms with van der Waals surface area (Å²) >= 11 is 0. The number of phosphoric acid groups is 1. The van der Waals surface area contributed by atoms with Gasteiger partial charge in [0.05, 0.1) is 13.2 Å². The van der Waals surface area contributed by atoms with Gasteiger partial charge < -0.3 is 38.0 Å². The maximum Gasteiger partial charge on any atom is 2.00 e. The van der Waals surface area contributed by atoms with Gasteiger partial charge in [-0.15, -0.1) is 11.8 Å². The molecule has 8 nitrogen and oxygen atoms in total. The maximum atomic E-state index is 10.3. The van der Waals surface area contributed by atoms with Crippen LogP contribution in [0.3, 0.4) is 0 Å². The Balaban J connectivity index is -0.000000128. The van der Waals surface area contributed by atoms with Gasteiger partial charge in [-0.05, 0) is 0 Å². The topological polar surface area (TPSA) is 130 Å². The van der Waals surface area contributed by atoms with Crippen LogP contribution in [-0.2, 0) is 23.6 Å². The molecule has 0 amide bonds. The van der Waals surface area contributed by atoms with E-state index in [9.17, 15) is 9.59 Å². The van der Waals surface area contributed by atoms with Crippen molar-refractivity contribution < 1.29 is 38.3 Å². The quantitative estimate of drug-likeness (QED) is 0.201. The second kappa shape index (κ2) is 19.1. The van der Waals surface area contributed by atoms with Gasteiger partial charge >= 0.3 is 57.5 Å². The van der Waals surface area contributed by atoms with Gasteiger partial charge in [0.15, 0.2) is 0 Å². The molecule has 136 valence electrons. The minimum Gasteiger partial charge on any atom is -0.465 e. The molecule has 0 aliphatic heterocycles. The number of rotatable bonds is 6. The Morgan fingerprint density at radius 1 is 1.00 bits per heavy atom. The van der Waals surface area contributed by atoms with Crippen molar-refractivity contribution in [3.63, 3.8) is 0 Å². The summed E-state index contributed by atoms with van der Waals surface area (Å²) < 4.78 is 18.1. The fourth-order valence-electron chi connectivity index (χ4n) is 0.567. The molecule has 0 spiro atoms. The first kappa shape index (κ1) is 31.5. The van der Waals surface area contributed by atoms with Crippen molar-refractivity contribution in [2.75, 3.05) is 13.2 Å². The first-order chi connectivity index (χ1) is 10.3. The third-order valence-electron chi connectivity index (χ3n) is 1.35. The Labute approximate surface area is 173 Å². The van der Waals surface area contributed by atoms with Crippen molar-refractivity contribution in [2.24, 2.45) is 11.8 Å². The van der Waals surface area contributed by atoms with E-state index < -0.39 is 7.82 Å². The number of ether oxygens (including phenoxy) is 2. The van der Waals surface area contributed by atoms with Gasteiger partial charge in [0.25, 0.3) is 0 Å². The van der Waals surface area contributed by atoms with Crippen molar-refractivity contribution in [3.05, 3.63) is 39.2 Å². The molecule has 0 heterocycles. The molecular formula is C14H25CaO8P. The number of esters is 2. The Morgan fingerprint density at radius 2 is 1.21 bits per heavy atom. The third-order valence-corrected chi connectivity index (χ3v) is 1.35. The van der Waals surface area contributed by atoms with Gasteiger partial charge in [-0.2, -0.15) is 0 Å². The first-order valence-corrected chi connectivity index (χ1v) is 7.92. The predicted molar refractivity (Wildman–Crippen MR) is 91.4 cm³/mol. The molecule has 0 fully saturated rings. The Bertz CT molecular complexity index is 367. The van der Waals surface area contributed by atoms with E-state index in [0.29, 0.717) is 13.2 Å². The third kappa shape index (κ3) is 49.5. The minimum atomic E-state index is -4.64. The maximum absolute atomic E-state index is 10.3. The van der Waals surface area contributed by atoms with Crippen LogP contribution in [0.5, 0.6) is 0 Å². The summed E-state index contributed by atoms with van der Waals surface area (Å²) in [5.74, 6) is -0.473. The SMILES string of the molecule is C=CC(=O)OCC([CH2-])C.C=CC(=O)OCC([CH2-])C.O=P(O)(O)O.[Ca+2]. The van der Waals surface area contributed by atoms with Crippen molar-refractivity contribution in [1.29, 1.82) is 0 Å². The fourth-order valence-corrected chi connectivity index (χ4v) is 0.567. The number of hydrogen-bond acceptors (Lipinski definition) is 5. The van der Waals surface area contributed by atoms with Crippen molar-refractivity contribution in [2.45, 2.75) is 13.8 Å². The molecule has 3 N–H and O–H groups in total.